The first-order valence-corrected chi connectivity index (χ1v) is 6.90. The number of nitrogens with zero attached hydrogens (tertiary/aromatic N) is 4. The molecule has 3 unspecified atom stereocenters. The Balaban J connectivity index is 1.70. The molecule has 0 aromatic heterocycles. The molecule has 6 nitrogen and oxygen atoms in total. The van der Waals surface area contributed by atoms with Crippen LogP contribution >= 0.6 is 0 Å². The van der Waals surface area contributed by atoms with E-state index in [1.54, 1.807) is 6.08 Å². The number of hydrazone groups is 2. The second-order valence-corrected chi connectivity index (χ2v) is 5.77. The fourth-order valence-electron chi connectivity index (χ4n) is 3.57. The second kappa shape index (κ2) is 4.20. The molecule has 4 heterocycles. The van der Waals surface area contributed by atoms with Crippen molar-refractivity contribution in [2.24, 2.45) is 22.0 Å². The van der Waals surface area contributed by atoms with E-state index in [-0.39, 0.29) is 17.7 Å². The van der Waals surface area contributed by atoms with Gasteiger partial charge in [0.15, 0.2) is 5.84 Å². The first-order valence-electron chi connectivity index (χ1n) is 6.90. The number of alkyl halides is 3. The Hall–Kier alpha value is -1.61. The van der Waals surface area contributed by atoms with Crippen molar-refractivity contribution in [3.8, 4) is 0 Å². The van der Waals surface area contributed by atoms with Gasteiger partial charge in [-0.15, -0.1) is 0 Å². The maximum atomic E-state index is 13.9. The molecule has 0 saturated carbocycles. The number of hydrogen-bond acceptors (Lipinski definition) is 6. The molecule has 21 heavy (non-hydrogen) atoms. The highest BCUT2D eigenvalue weighted by molar-refractivity contribution is 6.00. The van der Waals surface area contributed by atoms with Crippen molar-refractivity contribution in [1.29, 1.82) is 0 Å². The lowest BCUT2D eigenvalue weighted by molar-refractivity contribution is -0.277. The number of likely N-dealkylation sites (tertiary alicyclic amines) is 1. The van der Waals surface area contributed by atoms with E-state index in [1.807, 2.05) is 0 Å². The molecule has 4 aliphatic heterocycles. The summed E-state index contributed by atoms with van der Waals surface area (Å²) in [7, 11) is 0. The zero-order valence-electron chi connectivity index (χ0n) is 11.1. The van der Waals surface area contributed by atoms with E-state index in [0.29, 0.717) is 13.1 Å². The van der Waals surface area contributed by atoms with Crippen LogP contribution in [0.15, 0.2) is 22.4 Å². The molecule has 2 N–H and O–H groups in total. The van der Waals surface area contributed by atoms with Crippen molar-refractivity contribution < 1.29 is 13.2 Å². The van der Waals surface area contributed by atoms with Crippen molar-refractivity contribution in [2.75, 3.05) is 26.2 Å². The van der Waals surface area contributed by atoms with Crippen LogP contribution in [0.2, 0.25) is 0 Å². The van der Waals surface area contributed by atoms with Gasteiger partial charge >= 0.3 is 12.0 Å². The monoisotopic (exact) mass is 300 g/mol. The van der Waals surface area contributed by atoms with Crippen molar-refractivity contribution in [2.45, 2.75) is 12.0 Å². The minimum atomic E-state index is -4.52. The second-order valence-electron chi connectivity index (χ2n) is 5.77. The number of allylic oxidation sites excluding steroid dienone is 1. The van der Waals surface area contributed by atoms with E-state index in [4.69, 9.17) is 0 Å². The average molecular weight is 300 g/mol. The molecule has 114 valence electrons. The molecule has 4 rings (SSSR count). The lowest BCUT2D eigenvalue weighted by atomic mass is 10.0. The summed E-state index contributed by atoms with van der Waals surface area (Å²) in [6.45, 7) is 2.30. The third-order valence-electron chi connectivity index (χ3n) is 4.61. The van der Waals surface area contributed by atoms with Crippen LogP contribution in [0, 0.1) is 11.8 Å². The van der Waals surface area contributed by atoms with Crippen LogP contribution in [0.1, 0.15) is 0 Å². The van der Waals surface area contributed by atoms with E-state index < -0.39 is 12.0 Å². The van der Waals surface area contributed by atoms with Crippen LogP contribution in [0.4, 0.5) is 13.2 Å². The number of amidine groups is 1. The Morgan fingerprint density at radius 1 is 1.24 bits per heavy atom. The summed E-state index contributed by atoms with van der Waals surface area (Å²) >= 11 is 0. The van der Waals surface area contributed by atoms with Crippen LogP contribution in [0.25, 0.3) is 0 Å². The topological polar surface area (TPSA) is 55.3 Å². The van der Waals surface area contributed by atoms with Gasteiger partial charge < -0.3 is 5.32 Å². The van der Waals surface area contributed by atoms with Crippen molar-refractivity contribution >= 4 is 12.1 Å². The molecular weight excluding hydrogens is 285 g/mol. The fraction of sp³-hybridized carbons (Fsp3) is 0.667. The van der Waals surface area contributed by atoms with Crippen LogP contribution in [0.3, 0.4) is 0 Å². The van der Waals surface area contributed by atoms with Gasteiger partial charge in [0.1, 0.15) is 0 Å². The first kappa shape index (κ1) is 13.1. The zero-order chi connectivity index (χ0) is 14.7. The molecule has 9 heteroatoms. The lowest BCUT2D eigenvalue weighted by Gasteiger charge is -2.43. The number of hydrogen-bond donors (Lipinski definition) is 2. The Labute approximate surface area is 119 Å². The van der Waals surface area contributed by atoms with Gasteiger partial charge in [-0.3, -0.25) is 10.3 Å². The third-order valence-corrected chi connectivity index (χ3v) is 4.61. The Morgan fingerprint density at radius 3 is 2.62 bits per heavy atom. The molecule has 0 bridgehead atoms. The van der Waals surface area contributed by atoms with E-state index in [2.05, 4.69) is 20.9 Å². The summed E-state index contributed by atoms with van der Waals surface area (Å²) in [6.07, 6.45) is -0.0736. The van der Waals surface area contributed by atoms with Gasteiger partial charge in [0.25, 0.3) is 0 Å². The van der Waals surface area contributed by atoms with Gasteiger partial charge in [-0.2, -0.15) is 28.4 Å². The molecule has 3 atom stereocenters. The molecule has 0 aliphatic carbocycles. The van der Waals surface area contributed by atoms with Crippen LogP contribution in [-0.2, 0) is 0 Å². The summed E-state index contributed by atoms with van der Waals surface area (Å²) in [5.41, 5.74) is 2.31. The van der Waals surface area contributed by atoms with E-state index in [0.717, 1.165) is 18.1 Å². The summed E-state index contributed by atoms with van der Waals surface area (Å²) in [5, 5.41) is 11.9. The smallest absolute Gasteiger partial charge is 0.316 e. The fourth-order valence-corrected chi connectivity index (χ4v) is 3.57. The highest BCUT2D eigenvalue weighted by atomic mass is 19.4. The lowest BCUT2D eigenvalue weighted by Crippen LogP contribution is -2.71. The highest BCUT2D eigenvalue weighted by Crippen LogP contribution is 2.43. The third kappa shape index (κ3) is 1.67. The number of nitrogens with one attached hydrogen (secondary N) is 2. The molecule has 0 spiro atoms. The number of fused-ring (bicyclic) bond motifs is 2. The van der Waals surface area contributed by atoms with Gasteiger partial charge in [-0.05, 0) is 37.1 Å². The van der Waals surface area contributed by atoms with Crippen LogP contribution < -0.4 is 10.7 Å². The predicted molar refractivity (Wildman–Crippen MR) is 70.3 cm³/mol. The summed E-state index contributed by atoms with van der Waals surface area (Å²) < 4.78 is 41.6. The van der Waals surface area contributed by atoms with E-state index >= 15 is 0 Å². The Kier molecular flexibility index (Phi) is 2.62. The maximum absolute atomic E-state index is 13.9. The van der Waals surface area contributed by atoms with Gasteiger partial charge in [0.2, 0.25) is 0 Å². The highest BCUT2D eigenvalue weighted by Gasteiger charge is 2.68. The molecule has 2 fully saturated rings. The van der Waals surface area contributed by atoms with Crippen LogP contribution in [-0.4, -0.2) is 60.1 Å². The van der Waals surface area contributed by atoms with Gasteiger partial charge in [0, 0.05) is 19.3 Å². The van der Waals surface area contributed by atoms with Crippen molar-refractivity contribution in [3.05, 3.63) is 12.2 Å². The Bertz CT molecular complexity index is 530. The number of halogens is 3. The van der Waals surface area contributed by atoms with Gasteiger partial charge in [-0.25, -0.2) is 0 Å². The predicted octanol–water partition coefficient (Wildman–Crippen LogP) is 0.128. The molecular formula is C12H15F3N6. The molecule has 2 saturated heterocycles. The van der Waals surface area contributed by atoms with Gasteiger partial charge in [-0.1, -0.05) is 0 Å². The molecule has 0 aromatic rings. The standard InChI is InChI=1S/C12H15F3N6/c13-11(14,15)12(19-18-10-2-1-3-17-21(10)12)20-6-8-4-16-5-9(8)7-20/h1-3,8-9,16,19H,4-7H2. The average Bonchev–Trinajstić information content (AvgIpc) is 3.09. The van der Waals surface area contributed by atoms with Crippen LogP contribution in [0.5, 0.6) is 0 Å². The zero-order valence-corrected chi connectivity index (χ0v) is 11.1. The van der Waals surface area contributed by atoms with Crippen molar-refractivity contribution in [1.82, 2.24) is 20.7 Å². The first-order chi connectivity index (χ1) is 10.0. The summed E-state index contributed by atoms with van der Waals surface area (Å²) in [5.74, 6) is -1.68. The van der Waals surface area contributed by atoms with Crippen molar-refractivity contribution in [3.63, 3.8) is 0 Å². The van der Waals surface area contributed by atoms with E-state index in [1.165, 1.54) is 17.2 Å². The minimum absolute atomic E-state index is 0.185. The SMILES string of the molecule is FC(F)(F)C1(N2CC3CNCC3C2)NN=C2C=CC=NN21. The minimum Gasteiger partial charge on any atom is -0.316 e. The normalized spacial score (nSPS) is 38.4. The Morgan fingerprint density at radius 2 is 1.95 bits per heavy atom. The molecule has 0 aromatic carbocycles. The summed E-state index contributed by atoms with van der Waals surface area (Å²) in [6, 6.07) is 0. The van der Waals surface area contributed by atoms with E-state index in [9.17, 15) is 13.2 Å². The quantitative estimate of drug-likeness (QED) is 0.723. The largest absolute Gasteiger partial charge is 0.449 e. The summed E-state index contributed by atoms with van der Waals surface area (Å²) in [4.78, 5) is 1.43. The maximum Gasteiger partial charge on any atom is 0.449 e. The number of rotatable bonds is 1. The molecule has 0 amide bonds. The van der Waals surface area contributed by atoms with Gasteiger partial charge in [0.05, 0.1) is 0 Å². The molecule has 4 aliphatic rings. The molecule has 0 radical (unpaired) electrons.